The average molecular weight is 264 g/mol. The molecule has 0 aliphatic heterocycles. The van der Waals surface area contributed by atoms with Gasteiger partial charge in [-0.2, -0.15) is 0 Å². The number of hydrogen-bond acceptors (Lipinski definition) is 5. The first-order valence-electron chi connectivity index (χ1n) is 6.42. The molecule has 104 valence electrons. The van der Waals surface area contributed by atoms with Gasteiger partial charge in [-0.05, 0) is 31.2 Å². The molecule has 0 saturated heterocycles. The molecule has 5 heteroatoms. The molecular weight excluding hydrogens is 244 g/mol. The summed E-state index contributed by atoms with van der Waals surface area (Å²) in [6, 6.07) is 6.00. The maximum atomic E-state index is 9.36. The van der Waals surface area contributed by atoms with Gasteiger partial charge in [0.05, 0.1) is 12.7 Å². The van der Waals surface area contributed by atoms with Crippen molar-refractivity contribution >= 4 is 11.1 Å². The number of aliphatic hydroxyl groups is 2. The van der Waals surface area contributed by atoms with E-state index in [4.69, 9.17) is 9.52 Å². The van der Waals surface area contributed by atoms with Gasteiger partial charge in [-0.1, -0.05) is 6.07 Å². The Balaban J connectivity index is 1.94. The summed E-state index contributed by atoms with van der Waals surface area (Å²) in [7, 11) is 1.93. The highest BCUT2D eigenvalue weighted by Gasteiger charge is 2.08. The number of nitrogens with zero attached hydrogens (tertiary/aromatic N) is 2. The molecule has 2 N–H and O–H groups in total. The third-order valence-corrected chi connectivity index (χ3v) is 3.07. The summed E-state index contributed by atoms with van der Waals surface area (Å²) in [6.45, 7) is 2.93. The quantitative estimate of drug-likeness (QED) is 0.813. The summed E-state index contributed by atoms with van der Waals surface area (Å²) in [4.78, 5) is 6.31. The fourth-order valence-electron chi connectivity index (χ4n) is 2.07. The number of aryl methyl sites for hydroxylation is 1. The maximum absolute atomic E-state index is 9.36. The molecule has 1 aromatic heterocycles. The Morgan fingerprint density at radius 1 is 1.42 bits per heavy atom. The van der Waals surface area contributed by atoms with Gasteiger partial charge in [0.15, 0.2) is 11.5 Å². The first kappa shape index (κ1) is 14.0. The summed E-state index contributed by atoms with van der Waals surface area (Å²) < 4.78 is 5.43. The third-order valence-electron chi connectivity index (χ3n) is 3.07. The minimum absolute atomic E-state index is 0.200. The Bertz CT molecular complexity index is 538. The summed E-state index contributed by atoms with van der Waals surface area (Å²) in [6.07, 6.45) is 0.196. The molecule has 0 radical (unpaired) electrons. The van der Waals surface area contributed by atoms with Crippen LogP contribution in [0.5, 0.6) is 0 Å². The van der Waals surface area contributed by atoms with Crippen LogP contribution in [0.1, 0.15) is 11.5 Å². The standard InChI is InChI=1S/C14H20N2O3/c1-10-15-13-7-11(3-4-14(13)19-10)5-6-16(2)8-12(18)9-17/h3-4,7,12,17-18H,5-6,8-9H2,1-2H3. The molecule has 1 unspecified atom stereocenters. The van der Waals surface area contributed by atoms with Crippen molar-refractivity contribution in [3.63, 3.8) is 0 Å². The van der Waals surface area contributed by atoms with E-state index < -0.39 is 6.10 Å². The number of rotatable bonds is 6. The second-order valence-electron chi connectivity index (χ2n) is 4.88. The van der Waals surface area contributed by atoms with Crippen LogP contribution in [0.25, 0.3) is 11.1 Å². The van der Waals surface area contributed by atoms with Gasteiger partial charge in [0.1, 0.15) is 5.52 Å². The molecule has 0 aliphatic rings. The zero-order chi connectivity index (χ0) is 13.8. The van der Waals surface area contributed by atoms with Crippen molar-refractivity contribution in [1.82, 2.24) is 9.88 Å². The molecule has 2 aromatic rings. The minimum Gasteiger partial charge on any atom is -0.441 e. The summed E-state index contributed by atoms with van der Waals surface area (Å²) in [5.41, 5.74) is 2.88. The van der Waals surface area contributed by atoms with E-state index in [9.17, 15) is 5.11 Å². The van der Waals surface area contributed by atoms with Crippen molar-refractivity contribution in [2.75, 3.05) is 26.7 Å². The number of fused-ring (bicyclic) bond motifs is 1. The molecule has 0 fully saturated rings. The van der Waals surface area contributed by atoms with Gasteiger partial charge < -0.3 is 19.5 Å². The number of aliphatic hydroxyl groups excluding tert-OH is 2. The second kappa shape index (κ2) is 6.14. The van der Waals surface area contributed by atoms with Gasteiger partial charge in [-0.3, -0.25) is 0 Å². The Morgan fingerprint density at radius 3 is 2.95 bits per heavy atom. The molecule has 1 heterocycles. The Morgan fingerprint density at radius 2 is 2.21 bits per heavy atom. The summed E-state index contributed by atoms with van der Waals surface area (Å²) in [5.74, 6) is 0.676. The molecular formula is C14H20N2O3. The number of aromatic nitrogens is 1. The van der Waals surface area contributed by atoms with Crippen molar-refractivity contribution in [3.05, 3.63) is 29.7 Å². The van der Waals surface area contributed by atoms with E-state index in [1.54, 1.807) is 0 Å². The van der Waals surface area contributed by atoms with Crippen LogP contribution in [-0.2, 0) is 6.42 Å². The molecule has 2 rings (SSSR count). The van der Waals surface area contributed by atoms with E-state index >= 15 is 0 Å². The third kappa shape index (κ3) is 3.76. The van der Waals surface area contributed by atoms with Crippen LogP contribution in [-0.4, -0.2) is 52.9 Å². The first-order chi connectivity index (χ1) is 9.08. The molecule has 19 heavy (non-hydrogen) atoms. The normalized spacial score (nSPS) is 13.3. The van der Waals surface area contributed by atoms with E-state index in [1.807, 2.05) is 37.1 Å². The van der Waals surface area contributed by atoms with Gasteiger partial charge >= 0.3 is 0 Å². The lowest BCUT2D eigenvalue weighted by atomic mass is 10.1. The van der Waals surface area contributed by atoms with E-state index in [1.165, 1.54) is 5.56 Å². The van der Waals surface area contributed by atoms with Gasteiger partial charge in [0, 0.05) is 20.0 Å². The largest absolute Gasteiger partial charge is 0.441 e. The van der Waals surface area contributed by atoms with E-state index in [0.717, 1.165) is 24.1 Å². The van der Waals surface area contributed by atoms with Crippen LogP contribution in [0.15, 0.2) is 22.6 Å². The first-order valence-corrected chi connectivity index (χ1v) is 6.42. The van der Waals surface area contributed by atoms with Gasteiger partial charge in [0.25, 0.3) is 0 Å². The van der Waals surface area contributed by atoms with Crippen LogP contribution in [0.4, 0.5) is 0 Å². The predicted octanol–water partition coefficient (Wildman–Crippen LogP) is 0.964. The number of likely N-dealkylation sites (N-methyl/N-ethyl adjacent to an activating group) is 1. The molecule has 5 nitrogen and oxygen atoms in total. The van der Waals surface area contributed by atoms with E-state index in [-0.39, 0.29) is 6.61 Å². The molecule has 0 saturated carbocycles. The highest BCUT2D eigenvalue weighted by Crippen LogP contribution is 2.17. The number of hydrogen-bond donors (Lipinski definition) is 2. The molecule has 0 aliphatic carbocycles. The van der Waals surface area contributed by atoms with Crippen molar-refractivity contribution in [2.24, 2.45) is 0 Å². The van der Waals surface area contributed by atoms with Crippen LogP contribution in [0.2, 0.25) is 0 Å². The zero-order valence-electron chi connectivity index (χ0n) is 11.3. The Labute approximate surface area is 112 Å². The van der Waals surface area contributed by atoms with Crippen LogP contribution in [0, 0.1) is 6.92 Å². The monoisotopic (exact) mass is 264 g/mol. The SMILES string of the molecule is Cc1nc2cc(CCN(C)CC(O)CO)ccc2o1. The lowest BCUT2D eigenvalue weighted by Crippen LogP contribution is -2.32. The molecule has 0 spiro atoms. The average Bonchev–Trinajstić information content (AvgIpc) is 2.75. The van der Waals surface area contributed by atoms with Crippen molar-refractivity contribution < 1.29 is 14.6 Å². The lowest BCUT2D eigenvalue weighted by Gasteiger charge is -2.19. The fourth-order valence-corrected chi connectivity index (χ4v) is 2.07. The molecule has 0 bridgehead atoms. The molecule has 0 amide bonds. The number of oxazole rings is 1. The van der Waals surface area contributed by atoms with E-state index in [0.29, 0.717) is 12.4 Å². The second-order valence-corrected chi connectivity index (χ2v) is 4.88. The Kier molecular flexibility index (Phi) is 4.52. The van der Waals surface area contributed by atoms with Crippen molar-refractivity contribution in [3.8, 4) is 0 Å². The van der Waals surface area contributed by atoms with Crippen molar-refractivity contribution in [1.29, 1.82) is 0 Å². The molecule has 1 aromatic carbocycles. The van der Waals surface area contributed by atoms with Gasteiger partial charge in [-0.25, -0.2) is 4.98 Å². The van der Waals surface area contributed by atoms with E-state index in [2.05, 4.69) is 4.98 Å². The lowest BCUT2D eigenvalue weighted by molar-refractivity contribution is 0.0669. The maximum Gasteiger partial charge on any atom is 0.192 e. The van der Waals surface area contributed by atoms with Crippen LogP contribution >= 0.6 is 0 Å². The van der Waals surface area contributed by atoms with Gasteiger partial charge in [-0.15, -0.1) is 0 Å². The topological polar surface area (TPSA) is 69.7 Å². The highest BCUT2D eigenvalue weighted by atomic mass is 16.3. The predicted molar refractivity (Wildman–Crippen MR) is 73.0 cm³/mol. The van der Waals surface area contributed by atoms with Crippen molar-refractivity contribution in [2.45, 2.75) is 19.4 Å². The highest BCUT2D eigenvalue weighted by molar-refractivity contribution is 5.73. The summed E-state index contributed by atoms with van der Waals surface area (Å²) >= 11 is 0. The summed E-state index contributed by atoms with van der Waals surface area (Å²) in [5, 5.41) is 18.1. The fraction of sp³-hybridized carbons (Fsp3) is 0.500. The van der Waals surface area contributed by atoms with Crippen LogP contribution in [0.3, 0.4) is 0 Å². The number of benzene rings is 1. The smallest absolute Gasteiger partial charge is 0.192 e. The zero-order valence-corrected chi connectivity index (χ0v) is 11.3. The molecule has 1 atom stereocenters. The van der Waals surface area contributed by atoms with Crippen LogP contribution < -0.4 is 0 Å². The van der Waals surface area contributed by atoms with Gasteiger partial charge in [0.2, 0.25) is 0 Å². The Hall–Kier alpha value is -1.43. The minimum atomic E-state index is -0.675.